The third kappa shape index (κ3) is 6.77. The van der Waals surface area contributed by atoms with Crippen molar-refractivity contribution < 1.29 is 9.84 Å². The average molecular weight is 475 g/mol. The summed E-state index contributed by atoms with van der Waals surface area (Å²) in [6.45, 7) is 2.90. The van der Waals surface area contributed by atoms with Crippen LogP contribution in [0.25, 0.3) is 11.3 Å². The molecule has 33 heavy (non-hydrogen) atoms. The standard InChI is InChI=1S/C24H35ClN6O2/c25-20-15-28-23(30-18-6-4-17(5-7-18)27-10-11-32)14-19(20)21-2-1-3-22(31-21)29-16-24(26)8-12-33-13-9-24/h1-3,14-15,17-18,27,32H,4-13,16,26H2,(H,28,30)(H,29,31). The molecule has 1 saturated carbocycles. The summed E-state index contributed by atoms with van der Waals surface area (Å²) in [6.07, 6.45) is 7.66. The Balaban J connectivity index is 1.39. The molecule has 9 heteroatoms. The Bertz CT molecular complexity index is 900. The van der Waals surface area contributed by atoms with Gasteiger partial charge in [0.2, 0.25) is 0 Å². The minimum atomic E-state index is -0.270. The Kier molecular flexibility index (Phi) is 8.38. The molecule has 8 nitrogen and oxygen atoms in total. The lowest BCUT2D eigenvalue weighted by Crippen LogP contribution is -2.50. The molecule has 0 aromatic carbocycles. The number of hydrogen-bond donors (Lipinski definition) is 5. The molecule has 2 aliphatic rings. The van der Waals surface area contributed by atoms with Crippen LogP contribution in [0.15, 0.2) is 30.5 Å². The summed E-state index contributed by atoms with van der Waals surface area (Å²) in [5.74, 6) is 1.59. The number of aromatic nitrogens is 2. The number of nitrogens with zero attached hydrogens (tertiary/aromatic N) is 2. The van der Waals surface area contributed by atoms with Gasteiger partial charge in [-0.1, -0.05) is 17.7 Å². The molecule has 0 spiro atoms. The maximum Gasteiger partial charge on any atom is 0.126 e. The van der Waals surface area contributed by atoms with E-state index in [0.29, 0.717) is 43.4 Å². The molecule has 3 heterocycles. The van der Waals surface area contributed by atoms with Gasteiger partial charge >= 0.3 is 0 Å². The fourth-order valence-electron chi connectivity index (χ4n) is 4.54. The van der Waals surface area contributed by atoms with Crippen molar-refractivity contribution in [3.63, 3.8) is 0 Å². The van der Waals surface area contributed by atoms with Crippen molar-refractivity contribution in [1.29, 1.82) is 0 Å². The second-order valence-corrected chi connectivity index (χ2v) is 9.56. The van der Waals surface area contributed by atoms with Crippen LogP contribution in [0.3, 0.4) is 0 Å². The fourth-order valence-corrected chi connectivity index (χ4v) is 4.74. The first-order valence-electron chi connectivity index (χ1n) is 11.9. The number of pyridine rings is 2. The fraction of sp³-hybridized carbons (Fsp3) is 0.583. The van der Waals surface area contributed by atoms with E-state index in [2.05, 4.69) is 20.9 Å². The van der Waals surface area contributed by atoms with Gasteiger partial charge in [0, 0.05) is 55.7 Å². The number of rotatable bonds is 9. The Morgan fingerprint density at radius 2 is 1.88 bits per heavy atom. The lowest BCUT2D eigenvalue weighted by Gasteiger charge is -2.33. The van der Waals surface area contributed by atoms with E-state index in [9.17, 15) is 0 Å². The van der Waals surface area contributed by atoms with E-state index in [1.54, 1.807) is 6.20 Å². The van der Waals surface area contributed by atoms with Crippen LogP contribution < -0.4 is 21.7 Å². The molecule has 6 N–H and O–H groups in total. The molecule has 4 rings (SSSR count). The Morgan fingerprint density at radius 1 is 1.12 bits per heavy atom. The highest BCUT2D eigenvalue weighted by atomic mass is 35.5. The van der Waals surface area contributed by atoms with E-state index in [1.165, 1.54) is 0 Å². The van der Waals surface area contributed by atoms with Gasteiger partial charge in [0.05, 0.1) is 17.3 Å². The molecule has 2 aromatic heterocycles. The molecule has 1 aliphatic heterocycles. The van der Waals surface area contributed by atoms with Gasteiger partial charge in [0.25, 0.3) is 0 Å². The highest BCUT2D eigenvalue weighted by molar-refractivity contribution is 6.33. The number of aliphatic hydroxyl groups excluding tert-OH is 1. The smallest absolute Gasteiger partial charge is 0.126 e. The van der Waals surface area contributed by atoms with Gasteiger partial charge in [0.1, 0.15) is 11.6 Å². The zero-order chi connectivity index (χ0) is 23.1. The van der Waals surface area contributed by atoms with Crippen LogP contribution in [0.1, 0.15) is 38.5 Å². The predicted octanol–water partition coefficient (Wildman–Crippen LogP) is 3.02. The normalized spacial score (nSPS) is 22.6. The van der Waals surface area contributed by atoms with Gasteiger partial charge in [0.15, 0.2) is 0 Å². The van der Waals surface area contributed by atoms with E-state index < -0.39 is 0 Å². The molecule has 1 saturated heterocycles. The number of halogens is 1. The molecule has 0 bridgehead atoms. The van der Waals surface area contributed by atoms with E-state index >= 15 is 0 Å². The van der Waals surface area contributed by atoms with E-state index in [-0.39, 0.29) is 12.1 Å². The third-order valence-electron chi connectivity index (χ3n) is 6.61. The summed E-state index contributed by atoms with van der Waals surface area (Å²) >= 11 is 6.50. The van der Waals surface area contributed by atoms with Gasteiger partial charge in [-0.05, 0) is 56.7 Å². The monoisotopic (exact) mass is 474 g/mol. The first-order valence-corrected chi connectivity index (χ1v) is 12.3. The number of aliphatic hydroxyl groups is 1. The van der Waals surface area contributed by atoms with Crippen molar-refractivity contribution in [1.82, 2.24) is 15.3 Å². The highest BCUT2D eigenvalue weighted by Crippen LogP contribution is 2.30. The van der Waals surface area contributed by atoms with Gasteiger partial charge in [-0.25, -0.2) is 9.97 Å². The summed E-state index contributed by atoms with van der Waals surface area (Å²) in [5, 5.41) is 19.9. The molecule has 0 atom stereocenters. The van der Waals surface area contributed by atoms with Crippen molar-refractivity contribution in [2.24, 2.45) is 5.73 Å². The number of anilines is 2. The van der Waals surface area contributed by atoms with Crippen molar-refractivity contribution >= 4 is 23.2 Å². The van der Waals surface area contributed by atoms with E-state index in [4.69, 9.17) is 32.2 Å². The first kappa shape index (κ1) is 24.2. The average Bonchev–Trinajstić information content (AvgIpc) is 2.84. The SMILES string of the molecule is NC1(CNc2cccc(-c3cc(NC4CCC(NCCO)CC4)ncc3Cl)n2)CCOCC1. The molecule has 2 fully saturated rings. The van der Waals surface area contributed by atoms with Crippen LogP contribution >= 0.6 is 11.6 Å². The van der Waals surface area contributed by atoms with Crippen LogP contribution in [0.4, 0.5) is 11.6 Å². The summed E-state index contributed by atoms with van der Waals surface area (Å²) in [4.78, 5) is 9.27. The van der Waals surface area contributed by atoms with E-state index in [1.807, 2.05) is 24.3 Å². The number of hydrogen-bond acceptors (Lipinski definition) is 8. The Labute approximate surface area is 200 Å². The summed E-state index contributed by atoms with van der Waals surface area (Å²) in [7, 11) is 0. The molecule has 0 unspecified atom stereocenters. The quantitative estimate of drug-likeness (QED) is 0.376. The maximum absolute atomic E-state index is 8.99. The second kappa shape index (κ2) is 11.4. The largest absolute Gasteiger partial charge is 0.395 e. The number of nitrogens with one attached hydrogen (secondary N) is 3. The number of nitrogens with two attached hydrogens (primary N) is 1. The number of ether oxygens (including phenoxy) is 1. The molecule has 1 aliphatic carbocycles. The summed E-state index contributed by atoms with van der Waals surface area (Å²) in [6, 6.07) is 8.72. The maximum atomic E-state index is 8.99. The Morgan fingerprint density at radius 3 is 2.64 bits per heavy atom. The molecular formula is C24H35ClN6O2. The molecule has 180 valence electrons. The van der Waals surface area contributed by atoms with Crippen LogP contribution in [0, 0.1) is 0 Å². The van der Waals surface area contributed by atoms with Crippen molar-refractivity contribution in [2.45, 2.75) is 56.1 Å². The lowest BCUT2D eigenvalue weighted by atomic mass is 9.91. The minimum Gasteiger partial charge on any atom is -0.395 e. The highest BCUT2D eigenvalue weighted by Gasteiger charge is 2.28. The van der Waals surface area contributed by atoms with Crippen LogP contribution in [0.2, 0.25) is 5.02 Å². The summed E-state index contributed by atoms with van der Waals surface area (Å²) < 4.78 is 5.43. The second-order valence-electron chi connectivity index (χ2n) is 9.16. The van der Waals surface area contributed by atoms with Gasteiger partial charge in [-0.3, -0.25) is 0 Å². The predicted molar refractivity (Wildman–Crippen MR) is 133 cm³/mol. The van der Waals surface area contributed by atoms with Gasteiger partial charge < -0.3 is 31.5 Å². The van der Waals surface area contributed by atoms with Crippen molar-refractivity contribution in [2.75, 3.05) is 43.5 Å². The van der Waals surface area contributed by atoms with Gasteiger partial charge in [-0.15, -0.1) is 0 Å². The van der Waals surface area contributed by atoms with Crippen LogP contribution in [0.5, 0.6) is 0 Å². The summed E-state index contributed by atoms with van der Waals surface area (Å²) in [5.41, 5.74) is 7.88. The minimum absolute atomic E-state index is 0.183. The zero-order valence-electron chi connectivity index (χ0n) is 19.0. The Hall–Kier alpha value is -1.97. The van der Waals surface area contributed by atoms with E-state index in [0.717, 1.165) is 61.4 Å². The lowest BCUT2D eigenvalue weighted by molar-refractivity contribution is 0.0574. The van der Waals surface area contributed by atoms with Gasteiger partial charge in [-0.2, -0.15) is 0 Å². The topological polar surface area (TPSA) is 117 Å². The van der Waals surface area contributed by atoms with Crippen molar-refractivity contribution in [3.05, 3.63) is 35.5 Å². The third-order valence-corrected chi connectivity index (χ3v) is 6.92. The molecule has 0 amide bonds. The van der Waals surface area contributed by atoms with Crippen LogP contribution in [-0.2, 0) is 4.74 Å². The van der Waals surface area contributed by atoms with Crippen molar-refractivity contribution in [3.8, 4) is 11.3 Å². The molecule has 0 radical (unpaired) electrons. The molecule has 2 aromatic rings. The zero-order valence-corrected chi connectivity index (χ0v) is 19.8. The molecular weight excluding hydrogens is 440 g/mol. The van der Waals surface area contributed by atoms with Crippen LogP contribution in [-0.4, -0.2) is 65.6 Å². The first-order chi connectivity index (χ1) is 16.0.